The maximum atomic E-state index is 8.50. The molecule has 0 radical (unpaired) electrons. The molecule has 30 rings (SSSR count). The number of rotatable bonds is 12. The second kappa shape index (κ2) is 35.5. The molecule has 12 heteroatoms. The van der Waals surface area contributed by atoms with Gasteiger partial charge >= 0.3 is 0 Å². The van der Waals surface area contributed by atoms with E-state index in [1.54, 1.807) is 12.1 Å². The molecule has 9 aromatic heterocycles. The predicted molar refractivity (Wildman–Crippen MR) is 620 cm³/mol. The lowest BCUT2D eigenvalue weighted by Crippen LogP contribution is -2.03. The number of benzene rings is 21. The minimum Gasteiger partial charge on any atom is -0.309 e. The van der Waals surface area contributed by atoms with Crippen molar-refractivity contribution in [2.24, 2.45) is 0 Å². The fourth-order valence-corrected chi connectivity index (χ4v) is 23.7. The van der Waals surface area contributed by atoms with E-state index in [1.807, 2.05) is 59.9 Å². The zero-order valence-electron chi connectivity index (χ0n) is 86.1. The van der Waals surface area contributed by atoms with Crippen LogP contribution >= 0.6 is 11.3 Å². The second-order valence-corrected chi connectivity index (χ2v) is 39.5. The van der Waals surface area contributed by atoms with Gasteiger partial charge in [-0.1, -0.05) is 325 Å². The molecule has 0 amide bonds. The topological polar surface area (TPSA) is 102 Å². The molecule has 0 bridgehead atoms. The Morgan fingerprint density at radius 3 is 0.791 bits per heavy atom. The smallest absolute Gasteiger partial charge is 0.235 e. The molecule has 0 aliphatic rings. The van der Waals surface area contributed by atoms with Gasteiger partial charge in [-0.05, 0) is 248 Å². The number of hydrogen-bond acceptors (Lipinski definition) is 7. The summed E-state index contributed by atoms with van der Waals surface area (Å²) in [6.45, 7) is 8.57. The molecule has 21 aromatic carbocycles. The molecule has 0 fully saturated rings. The molecule has 9 heterocycles. The lowest BCUT2D eigenvalue weighted by atomic mass is 10.0. The molecule has 0 unspecified atom stereocenters. The summed E-state index contributed by atoms with van der Waals surface area (Å²) < 4.78 is 55.3. The van der Waals surface area contributed by atoms with Crippen molar-refractivity contribution in [1.29, 1.82) is 0 Å². The van der Waals surface area contributed by atoms with Gasteiger partial charge in [-0.15, -0.1) is 11.3 Å². The summed E-state index contributed by atoms with van der Waals surface area (Å²) in [7, 11) is 0. The number of aryl methyl sites for hydroxylation is 4. The average Bonchev–Trinajstić information content (AvgIpc) is 1.58. The zero-order valence-corrected chi connectivity index (χ0v) is 81.9. The lowest BCUT2D eigenvalue weighted by Gasteiger charge is -2.13. The van der Waals surface area contributed by atoms with E-state index in [0.717, 1.165) is 138 Å². The highest BCUT2D eigenvalue weighted by atomic mass is 32.1. The molecule has 0 spiro atoms. The quantitative estimate of drug-likeness (QED) is 0.121. The van der Waals surface area contributed by atoms with Crippen molar-refractivity contribution in [2.45, 2.75) is 27.7 Å². The minimum absolute atomic E-state index is 0.166. The maximum absolute atomic E-state index is 8.50. The summed E-state index contributed by atoms with van der Waals surface area (Å²) >= 11 is 1.86. The summed E-state index contributed by atoms with van der Waals surface area (Å²) in [6.07, 6.45) is 0. The van der Waals surface area contributed by atoms with Gasteiger partial charge in [-0.2, -0.15) is 0 Å². The lowest BCUT2D eigenvalue weighted by molar-refractivity contribution is 1.01. The molecule has 0 atom stereocenters. The van der Waals surface area contributed by atoms with Gasteiger partial charge in [0.1, 0.15) is 0 Å². The van der Waals surface area contributed by atoms with E-state index in [1.165, 1.54) is 124 Å². The number of hydrogen-bond donors (Lipinski definition) is 0. The van der Waals surface area contributed by atoms with Crippen LogP contribution in [0.1, 0.15) is 29.1 Å². The third-order valence-electron chi connectivity index (χ3n) is 29.1. The van der Waals surface area contributed by atoms with Crippen LogP contribution in [0.5, 0.6) is 0 Å². The fraction of sp³-hybridized carbons (Fsp3) is 0.0294. The van der Waals surface area contributed by atoms with E-state index >= 15 is 0 Å². The first-order chi connectivity index (χ1) is 75.1. The van der Waals surface area contributed by atoms with Crippen LogP contribution in [0.4, 0.5) is 0 Å². The highest BCUT2D eigenvalue weighted by molar-refractivity contribution is 7.25. The Kier molecular flexibility index (Phi) is 19.5. The van der Waals surface area contributed by atoms with Crippen molar-refractivity contribution in [3.63, 3.8) is 0 Å². The highest BCUT2D eigenvalue weighted by Gasteiger charge is 2.26. The molecule has 0 aliphatic heterocycles. The van der Waals surface area contributed by atoms with Crippen molar-refractivity contribution >= 4 is 173 Å². The maximum Gasteiger partial charge on any atom is 0.235 e. The minimum atomic E-state index is -0.411. The standard InChI is InChI=1S/C50H32N4.C46H32N4.C40H27N3S/c1-3-13-33(14-4-1)34-23-25-35(26-24-34)49-41-19-7-10-20-44(41)51-50(52-49)54-46-22-12-9-18-40(46)43-32-37(28-30-48(43)54)36-27-29-47-42(31-36)39-17-8-11-21-45(39)53(47)38-15-5-2-6-16-38;1-29-24-30(2)26-33(25-29)45-37-16-6-9-17-40(37)47-46(48-45)50-42-19-11-8-15-36(42)39-28-32(21-23-44(39)50)31-20-22-43-38(27-31)35-14-7-10-18-41(35)49(43)34-12-4-3-5-13-34;1-24-19-25(2)21-28(20-24)39-31-11-3-6-12-34(31)41-40(42-39)43-35-13-7-4-9-29(35)32-22-26(15-17-36(32)43)27-16-18-38-33(23-27)30-10-5-8-14-37(30)44-38/h1-32H;3-28H,1-2H3;3-23H,1-2H3/i1D,3D,4D,13D,14D;;. The van der Waals surface area contributed by atoms with Crippen LogP contribution in [0.15, 0.2) is 479 Å². The highest BCUT2D eigenvalue weighted by Crippen LogP contribution is 2.46. The Hall–Kier alpha value is -19.1. The van der Waals surface area contributed by atoms with Crippen LogP contribution in [0.25, 0.3) is 269 Å². The fourth-order valence-electron chi connectivity index (χ4n) is 22.6. The van der Waals surface area contributed by atoms with Gasteiger partial charge < -0.3 is 9.13 Å². The average molecular weight is 1920 g/mol. The van der Waals surface area contributed by atoms with Gasteiger partial charge in [0, 0.05) is 118 Å². The summed E-state index contributed by atoms with van der Waals surface area (Å²) in [5, 5.41) is 17.4. The summed E-state index contributed by atoms with van der Waals surface area (Å²) in [5.41, 5.74) is 34.3. The van der Waals surface area contributed by atoms with Crippen LogP contribution in [0.3, 0.4) is 0 Å². The van der Waals surface area contributed by atoms with Crippen LogP contribution in [-0.2, 0) is 0 Å². The monoisotopic (exact) mass is 1910 g/mol. The Morgan fingerprint density at radius 1 is 0.176 bits per heavy atom. The van der Waals surface area contributed by atoms with E-state index in [2.05, 4.69) is 439 Å². The summed E-state index contributed by atoms with van der Waals surface area (Å²) in [5.74, 6) is 1.89. The first kappa shape index (κ1) is 81.4. The molecule has 0 saturated heterocycles. The molecule has 30 aromatic rings. The molecule has 11 nitrogen and oxygen atoms in total. The molecule has 148 heavy (non-hydrogen) atoms. The third kappa shape index (κ3) is 14.9. The number of aromatic nitrogens is 11. The van der Waals surface area contributed by atoms with Gasteiger partial charge in [0.05, 0.1) is 95.7 Å². The van der Waals surface area contributed by atoms with Gasteiger partial charge in [-0.25, -0.2) is 29.9 Å². The largest absolute Gasteiger partial charge is 0.309 e. The Morgan fingerprint density at radius 2 is 0.432 bits per heavy atom. The third-order valence-corrected chi connectivity index (χ3v) is 30.2. The van der Waals surface area contributed by atoms with E-state index in [9.17, 15) is 0 Å². The first-order valence-electron chi connectivity index (χ1n) is 52.4. The number of fused-ring (bicyclic) bond motifs is 21. The van der Waals surface area contributed by atoms with Gasteiger partial charge in [-0.3, -0.25) is 13.7 Å². The van der Waals surface area contributed by atoms with Crippen molar-refractivity contribution in [2.75, 3.05) is 0 Å². The molecule has 696 valence electrons. The van der Waals surface area contributed by atoms with Crippen molar-refractivity contribution < 1.29 is 6.85 Å². The van der Waals surface area contributed by atoms with Crippen molar-refractivity contribution in [3.8, 4) is 107 Å². The number of nitrogens with zero attached hydrogens (tertiary/aromatic N) is 11. The zero-order chi connectivity index (χ0) is 103. The molecule has 0 aliphatic carbocycles. The van der Waals surface area contributed by atoms with E-state index in [4.69, 9.17) is 36.8 Å². The summed E-state index contributed by atoms with van der Waals surface area (Å²) in [4.78, 5) is 31.3. The molecule has 0 N–H and O–H groups in total. The van der Waals surface area contributed by atoms with Crippen molar-refractivity contribution in [3.05, 3.63) is 501 Å². The van der Waals surface area contributed by atoms with Crippen LogP contribution < -0.4 is 0 Å². The van der Waals surface area contributed by atoms with Gasteiger partial charge in [0.15, 0.2) is 0 Å². The Labute approximate surface area is 863 Å². The molecule has 0 saturated carbocycles. The second-order valence-electron chi connectivity index (χ2n) is 38.4. The van der Waals surface area contributed by atoms with Crippen LogP contribution in [0, 0.1) is 27.7 Å². The number of para-hydroxylation sites is 10. The van der Waals surface area contributed by atoms with Crippen LogP contribution in [0.2, 0.25) is 0 Å². The normalized spacial score (nSPS) is 12.3. The number of thiophene rings is 1. The van der Waals surface area contributed by atoms with Crippen LogP contribution in [-0.4, -0.2) is 52.7 Å². The Balaban J connectivity index is 0.000000111. The first-order valence-corrected chi connectivity index (χ1v) is 50.7. The van der Waals surface area contributed by atoms with E-state index < -0.39 is 6.04 Å². The SMILES string of the molecule is Cc1cc(C)cc(-c2nc(-n3c4ccccc4c4cc(-c5ccc6c(c5)c5ccccc5n6-c5ccccc5)ccc43)nc3ccccc23)c1.Cc1cc(C)cc(-c2nc(-n3c4ccccc4c4cc(-c5ccc6sc7ccccc7c6c5)ccc43)nc3ccccc23)c1.[2H]c1c([2H])c([2H])c(-c2ccc(-c3nc(-n4c5ccccc5c5cc(-c6ccc7c(c6)c6ccccc6n7-c6ccccc6)ccc54)nc4ccccc34)cc2)c([2H])c1[2H]. The van der Waals surface area contributed by atoms with Gasteiger partial charge in [0.25, 0.3) is 0 Å². The predicted octanol–water partition coefficient (Wildman–Crippen LogP) is 35.6. The Bertz CT molecular complexity index is 10900. The van der Waals surface area contributed by atoms with Crippen molar-refractivity contribution in [1.82, 2.24) is 52.7 Å². The molecular weight excluding hydrogens is 1820 g/mol. The summed E-state index contributed by atoms with van der Waals surface area (Å²) in [6, 6.07) is 157. The molecular formula is C136H91N11S. The van der Waals surface area contributed by atoms with Gasteiger partial charge in [0.2, 0.25) is 17.8 Å². The van der Waals surface area contributed by atoms with E-state index in [-0.39, 0.29) is 29.7 Å². The van der Waals surface area contributed by atoms with E-state index in [0.29, 0.717) is 23.4 Å².